The highest BCUT2D eigenvalue weighted by molar-refractivity contribution is 9.10. The van der Waals surface area contributed by atoms with Gasteiger partial charge in [-0.3, -0.25) is 28.8 Å². The molecule has 0 aliphatic carbocycles. The number of rotatable bonds is 25. The Morgan fingerprint density at radius 1 is 0.328 bits per heavy atom. The smallest absolute Gasteiger partial charge is 0.306 e. The minimum atomic E-state index is -0.706. The lowest BCUT2D eigenvalue weighted by Gasteiger charge is -2.24. The van der Waals surface area contributed by atoms with Crippen molar-refractivity contribution in [3.8, 4) is 5.75 Å². The highest BCUT2D eigenvalue weighted by atomic mass is 79.9. The highest BCUT2D eigenvalue weighted by Gasteiger charge is 2.15. The molecule has 0 aromatic heterocycles. The molecule has 6 N–H and O–H groups in total. The van der Waals surface area contributed by atoms with Crippen LogP contribution in [0.3, 0.4) is 0 Å². The van der Waals surface area contributed by atoms with E-state index in [1.807, 2.05) is 84.0 Å². The summed E-state index contributed by atoms with van der Waals surface area (Å²) in [5.74, 6) is -4.55. The Hall–Kier alpha value is -7.60. The highest BCUT2D eigenvalue weighted by Crippen LogP contribution is 2.18. The molecule has 0 amide bonds. The Morgan fingerprint density at radius 2 is 0.560 bits per heavy atom. The van der Waals surface area contributed by atoms with Gasteiger partial charge in [0.05, 0.1) is 169 Å². The number of aryl methyl sites for hydroxylation is 3. The number of carboxylic acid groups (broad SMARTS) is 6. The van der Waals surface area contributed by atoms with E-state index in [-0.39, 0.29) is 41.3 Å². The van der Waals surface area contributed by atoms with E-state index in [0.29, 0.717) is 0 Å². The van der Waals surface area contributed by atoms with Crippen molar-refractivity contribution in [3.63, 3.8) is 0 Å². The summed E-state index contributed by atoms with van der Waals surface area (Å²) in [7, 11) is 41.0. The Morgan fingerprint density at radius 3 is 0.802 bits per heavy atom. The molecule has 6 rings (SSSR count). The van der Waals surface area contributed by atoms with Crippen molar-refractivity contribution in [2.45, 2.75) is 182 Å². The predicted molar refractivity (Wildman–Crippen MR) is 485 cm³/mol. The summed E-state index contributed by atoms with van der Waals surface area (Å²) < 4.78 is 24.5. The van der Waals surface area contributed by atoms with E-state index in [1.165, 1.54) is 62.2 Å². The van der Waals surface area contributed by atoms with Gasteiger partial charge in [0.2, 0.25) is 0 Å². The molecule has 6 aromatic carbocycles. The lowest BCUT2D eigenvalue weighted by molar-refractivity contribution is -0.884. The minimum Gasteiger partial charge on any atom is -0.497 e. The zero-order valence-electron chi connectivity index (χ0n) is 78.1. The molecule has 660 valence electrons. The van der Waals surface area contributed by atoms with Gasteiger partial charge in [0.1, 0.15) is 50.8 Å². The number of carbonyl (C=O) groups is 6. The third-order valence-electron chi connectivity index (χ3n) is 16.4. The van der Waals surface area contributed by atoms with Gasteiger partial charge in [0.25, 0.3) is 0 Å². The predicted octanol–water partition coefficient (Wildman–Crippen LogP) is 20.5. The Bertz CT molecular complexity index is 3340. The van der Waals surface area contributed by atoms with Crippen molar-refractivity contribution >= 4 is 63.3 Å². The molecule has 6 atom stereocenters. The number of methoxy groups -OCH3 is 1. The van der Waals surface area contributed by atoms with Crippen LogP contribution in [0.25, 0.3) is 0 Å². The van der Waals surface area contributed by atoms with Crippen molar-refractivity contribution in [1.82, 2.24) is 0 Å². The van der Waals surface area contributed by atoms with Crippen LogP contribution >= 0.6 is 27.5 Å². The largest absolute Gasteiger partial charge is 0.497 e. The maximum Gasteiger partial charge on any atom is 0.306 e. The number of benzene rings is 6. The molecule has 22 heteroatoms. The summed E-state index contributed by atoms with van der Waals surface area (Å²) in [6.45, 7) is 34.0. The molecule has 0 radical (unpaired) electrons. The molecule has 116 heavy (non-hydrogen) atoms. The first-order valence-electron chi connectivity index (χ1n) is 40.0. The van der Waals surface area contributed by atoms with Gasteiger partial charge in [0, 0.05) is 42.9 Å². The summed E-state index contributed by atoms with van der Waals surface area (Å²) in [4.78, 5) is 59.6. The number of carboxylic acids is 6. The summed E-state index contributed by atoms with van der Waals surface area (Å²) in [5, 5.41) is 49.9. The van der Waals surface area contributed by atoms with Gasteiger partial charge in [-0.1, -0.05) is 218 Å². The quantitative estimate of drug-likeness (QED) is 0.0293. The Labute approximate surface area is 716 Å². The zero-order chi connectivity index (χ0) is 91.9. The van der Waals surface area contributed by atoms with Crippen molar-refractivity contribution < 1.29 is 95.4 Å². The van der Waals surface area contributed by atoms with Crippen molar-refractivity contribution in [1.29, 1.82) is 0 Å². The van der Waals surface area contributed by atoms with Gasteiger partial charge in [-0.2, -0.15) is 0 Å². The minimum absolute atomic E-state index is 0.167. The van der Waals surface area contributed by atoms with Crippen LogP contribution in [-0.2, 0) is 68.0 Å². The van der Waals surface area contributed by atoms with E-state index in [9.17, 15) is 33.2 Å². The normalized spacial score (nSPS) is 12.3. The van der Waals surface area contributed by atoms with Gasteiger partial charge in [-0.25, -0.2) is 4.39 Å². The van der Waals surface area contributed by atoms with E-state index in [1.54, 1.807) is 48.7 Å². The monoisotopic (exact) mass is 1720 g/mol. The Balaban J connectivity index is -0.000000287. The standard InChI is InChI=1S/C12H20N.C11H18NO.C11H18N.C10H15BrN.C10H15ClN.C10H15FN.6C5H10O2/c1-10-6-11(2)8-12(7-10)9-13(3,4)5;1-12(2,3)9-10-6-5-7-11(8-10)13-4;1-10-6-5-7-11(8-10)9-12(2,3)4;1-12(2,3)8-9-4-6-10(11)7-5-9;1-12(2,3)8-9-5-4-6-10(11)7-9;1-12(2,3)8-9-4-6-10(11)7-5-9;6*1-3-4(2)5(6)7/h6-8H,9H2,1-5H3;5-8H,9H2,1-4H3;5-8H,9H2,1-4H3;3*4-7H,8H2,1-3H3;6*4H,3H2,1-2H3,(H,6,7)/q6*+1;;;;;;. The first-order valence-corrected chi connectivity index (χ1v) is 41.2. The molecule has 19 nitrogen and oxygen atoms in total. The van der Waals surface area contributed by atoms with Crippen LogP contribution < -0.4 is 4.74 Å². The molecule has 0 saturated carbocycles. The summed E-state index contributed by atoms with van der Waals surface area (Å²) in [6.07, 6.45) is 4.31. The Kier molecular flexibility index (Phi) is 64.3. The SMILES string of the molecule is CCC(C)C(=O)O.CCC(C)C(=O)O.CCC(C)C(=O)O.CCC(C)C(=O)O.CCC(C)C(=O)O.CCC(C)C(=O)O.COc1cccc(C[N+](C)(C)C)c1.C[N+](C)(C)Cc1ccc(Br)cc1.C[N+](C)(C)Cc1ccc(F)cc1.C[N+](C)(C)Cc1cccc(Cl)c1.Cc1cc(C)cc(C[N+](C)(C)C)c1.Cc1cccc(C[N+](C)(C)C)c1. The molecule has 6 aromatic rings. The maximum absolute atomic E-state index is 12.5. The molecule has 0 saturated heterocycles. The molecular weight excluding hydrogens is 1560 g/mol. The molecule has 6 unspecified atom stereocenters. The summed E-state index contributed by atoms with van der Waals surface area (Å²) in [5.41, 5.74) is 12.1. The van der Waals surface area contributed by atoms with Crippen molar-refractivity contribution in [2.75, 3.05) is 134 Å². The number of ether oxygens (including phenoxy) is 1. The third-order valence-corrected chi connectivity index (χ3v) is 17.1. The fraction of sp³-hybridized carbons (Fsp3) is 0.553. The molecule has 0 aliphatic heterocycles. The van der Waals surface area contributed by atoms with Crippen LogP contribution in [0.5, 0.6) is 5.75 Å². The van der Waals surface area contributed by atoms with Gasteiger partial charge in [0.15, 0.2) is 0 Å². The van der Waals surface area contributed by atoms with Crippen LogP contribution in [0.2, 0.25) is 5.02 Å². The van der Waals surface area contributed by atoms with Crippen LogP contribution in [-0.4, -0.2) is 227 Å². The zero-order valence-corrected chi connectivity index (χ0v) is 80.4. The average Bonchev–Trinajstić information content (AvgIpc) is 0.996. The lowest BCUT2D eigenvalue weighted by atomic mass is 10.1. The van der Waals surface area contributed by atoms with Crippen LogP contribution in [0.4, 0.5) is 4.39 Å². The van der Waals surface area contributed by atoms with Crippen LogP contribution in [0, 0.1) is 62.1 Å². The average molecular weight is 1720 g/mol. The molecule has 0 spiro atoms. The lowest BCUT2D eigenvalue weighted by Crippen LogP contribution is -2.33. The van der Waals surface area contributed by atoms with E-state index in [2.05, 4.69) is 248 Å². The second-order valence-corrected chi connectivity index (χ2v) is 37.1. The number of hydrogen-bond donors (Lipinski definition) is 6. The van der Waals surface area contributed by atoms with Crippen molar-refractivity contribution in [2.24, 2.45) is 35.5 Å². The van der Waals surface area contributed by atoms with Gasteiger partial charge < -0.3 is 62.3 Å². The fourth-order valence-electron chi connectivity index (χ4n) is 8.89. The number of nitrogens with zero attached hydrogens (tertiary/aromatic N) is 6. The molecule has 0 heterocycles. The van der Waals surface area contributed by atoms with Crippen LogP contribution in [0.1, 0.15) is 172 Å². The van der Waals surface area contributed by atoms with E-state index in [4.69, 9.17) is 47.0 Å². The number of aliphatic carboxylic acids is 6. The van der Waals surface area contributed by atoms with E-state index < -0.39 is 35.8 Å². The second-order valence-electron chi connectivity index (χ2n) is 35.8. The van der Waals surface area contributed by atoms with Gasteiger partial charge in [-0.05, 0) is 108 Å². The fourth-order valence-corrected chi connectivity index (χ4v) is 9.37. The van der Waals surface area contributed by atoms with E-state index in [0.717, 1.165) is 120 Å². The number of halogens is 3. The second kappa shape index (κ2) is 62.6. The van der Waals surface area contributed by atoms with Crippen molar-refractivity contribution in [3.05, 3.63) is 205 Å². The summed E-state index contributed by atoms with van der Waals surface area (Å²) in [6, 6.07) is 46.9. The number of hydrogen-bond acceptors (Lipinski definition) is 7. The van der Waals surface area contributed by atoms with Gasteiger partial charge >= 0.3 is 35.8 Å². The molecule has 0 bridgehead atoms. The maximum atomic E-state index is 12.5. The summed E-state index contributed by atoms with van der Waals surface area (Å²) >= 11 is 9.29. The first kappa shape index (κ1) is 119. The van der Waals surface area contributed by atoms with Gasteiger partial charge in [-0.15, -0.1) is 0 Å². The van der Waals surface area contributed by atoms with E-state index >= 15 is 0 Å². The number of quaternary nitrogens is 6. The molecule has 0 aliphatic rings. The molecule has 0 fully saturated rings. The topological polar surface area (TPSA) is 233 Å². The first-order chi connectivity index (χ1) is 52.8. The molecular formula is C94H161BrClFN6O13+6. The third kappa shape index (κ3) is 78.9. The van der Waals surface area contributed by atoms with Crippen LogP contribution in [0.15, 0.2) is 144 Å².